The fraction of sp³-hybridized carbons (Fsp3) is 0.444. The molecule has 0 saturated carbocycles. The van der Waals surface area contributed by atoms with E-state index in [9.17, 15) is 8.42 Å². The van der Waals surface area contributed by atoms with Gasteiger partial charge in [-0.15, -0.1) is 0 Å². The van der Waals surface area contributed by atoms with Gasteiger partial charge in [0.15, 0.2) is 5.03 Å². The van der Waals surface area contributed by atoms with Crippen LogP contribution in [-0.4, -0.2) is 26.5 Å². The van der Waals surface area contributed by atoms with Crippen LogP contribution in [0.2, 0.25) is 0 Å². The van der Waals surface area contributed by atoms with Gasteiger partial charge in [0.2, 0.25) is 0 Å². The Morgan fingerprint density at radius 1 is 1.53 bits per heavy atom. The van der Waals surface area contributed by atoms with Gasteiger partial charge in [0.25, 0.3) is 10.0 Å². The van der Waals surface area contributed by atoms with Gasteiger partial charge in [-0.25, -0.2) is 18.1 Å². The van der Waals surface area contributed by atoms with Gasteiger partial charge in [0.1, 0.15) is 0 Å². The first-order valence-corrected chi connectivity index (χ1v) is 6.15. The Morgan fingerprint density at radius 3 is 2.80 bits per heavy atom. The highest BCUT2D eigenvalue weighted by Crippen LogP contribution is 2.03. The summed E-state index contributed by atoms with van der Waals surface area (Å²) in [5, 5.41) is 0.0363. The SMILES string of the molecule is CC(CN)CNS(=O)(=O)c1ccccn1. The zero-order chi connectivity index (χ0) is 11.3. The predicted octanol–water partition coefficient (Wildman–Crippen LogP) is -0.0453. The van der Waals surface area contributed by atoms with Crippen LogP contribution in [0, 0.1) is 5.92 Å². The highest BCUT2D eigenvalue weighted by molar-refractivity contribution is 7.89. The van der Waals surface area contributed by atoms with Gasteiger partial charge in [-0.3, -0.25) is 0 Å². The zero-order valence-electron chi connectivity index (χ0n) is 8.55. The van der Waals surface area contributed by atoms with E-state index in [2.05, 4.69) is 9.71 Å². The molecule has 1 atom stereocenters. The van der Waals surface area contributed by atoms with Crippen molar-refractivity contribution < 1.29 is 8.42 Å². The quantitative estimate of drug-likeness (QED) is 0.741. The Labute approximate surface area is 89.8 Å². The average molecular weight is 229 g/mol. The van der Waals surface area contributed by atoms with Crippen LogP contribution in [0.25, 0.3) is 0 Å². The number of aromatic nitrogens is 1. The second-order valence-corrected chi connectivity index (χ2v) is 5.07. The van der Waals surface area contributed by atoms with Crippen LogP contribution in [0.15, 0.2) is 29.4 Å². The molecule has 0 bridgehead atoms. The van der Waals surface area contributed by atoms with Crippen molar-refractivity contribution in [2.75, 3.05) is 13.1 Å². The maximum Gasteiger partial charge on any atom is 0.258 e. The first-order chi connectivity index (χ1) is 7.06. The summed E-state index contributed by atoms with van der Waals surface area (Å²) in [6.45, 7) is 2.65. The van der Waals surface area contributed by atoms with Crippen LogP contribution in [-0.2, 0) is 10.0 Å². The van der Waals surface area contributed by atoms with Crippen molar-refractivity contribution in [3.8, 4) is 0 Å². The number of pyridine rings is 1. The van der Waals surface area contributed by atoms with E-state index in [0.717, 1.165) is 0 Å². The van der Waals surface area contributed by atoms with E-state index in [1.807, 2.05) is 6.92 Å². The summed E-state index contributed by atoms with van der Waals surface area (Å²) in [6.07, 6.45) is 1.45. The molecule has 84 valence electrons. The fourth-order valence-electron chi connectivity index (χ4n) is 0.915. The van der Waals surface area contributed by atoms with Crippen molar-refractivity contribution in [2.45, 2.75) is 11.9 Å². The van der Waals surface area contributed by atoms with Gasteiger partial charge in [-0.2, -0.15) is 0 Å². The van der Waals surface area contributed by atoms with Crippen LogP contribution in [0.1, 0.15) is 6.92 Å². The summed E-state index contributed by atoms with van der Waals surface area (Å²) in [4.78, 5) is 3.77. The molecule has 5 nitrogen and oxygen atoms in total. The van der Waals surface area contributed by atoms with Crippen LogP contribution in [0.3, 0.4) is 0 Å². The number of rotatable bonds is 5. The van der Waals surface area contributed by atoms with E-state index >= 15 is 0 Å². The van der Waals surface area contributed by atoms with Crippen molar-refractivity contribution in [3.05, 3.63) is 24.4 Å². The first kappa shape index (κ1) is 12.1. The second kappa shape index (κ2) is 5.20. The van der Waals surface area contributed by atoms with E-state index in [1.165, 1.54) is 12.3 Å². The van der Waals surface area contributed by atoms with Crippen LogP contribution >= 0.6 is 0 Å². The van der Waals surface area contributed by atoms with Crippen LogP contribution in [0.5, 0.6) is 0 Å². The molecule has 1 unspecified atom stereocenters. The lowest BCUT2D eigenvalue weighted by atomic mass is 10.2. The molecule has 1 rings (SSSR count). The van der Waals surface area contributed by atoms with Gasteiger partial charge in [0, 0.05) is 12.7 Å². The van der Waals surface area contributed by atoms with Crippen LogP contribution in [0.4, 0.5) is 0 Å². The molecule has 3 N–H and O–H groups in total. The van der Waals surface area contributed by atoms with Crippen molar-refractivity contribution in [2.24, 2.45) is 11.7 Å². The molecule has 1 aromatic heterocycles. The lowest BCUT2D eigenvalue weighted by Crippen LogP contribution is -2.31. The maximum absolute atomic E-state index is 11.6. The molecule has 0 aliphatic heterocycles. The van der Waals surface area contributed by atoms with Crippen molar-refractivity contribution in [1.82, 2.24) is 9.71 Å². The third-order valence-corrected chi connectivity index (χ3v) is 3.28. The number of nitrogens with one attached hydrogen (secondary N) is 1. The first-order valence-electron chi connectivity index (χ1n) is 4.67. The Bertz CT molecular complexity index is 391. The predicted molar refractivity (Wildman–Crippen MR) is 57.6 cm³/mol. The number of hydrogen-bond acceptors (Lipinski definition) is 4. The Hall–Kier alpha value is -0.980. The largest absolute Gasteiger partial charge is 0.330 e. The summed E-state index contributed by atoms with van der Waals surface area (Å²) in [5.41, 5.74) is 5.39. The van der Waals surface area contributed by atoms with Crippen molar-refractivity contribution >= 4 is 10.0 Å². The molecule has 0 radical (unpaired) electrons. The van der Waals surface area contributed by atoms with Gasteiger partial charge in [-0.1, -0.05) is 13.0 Å². The van der Waals surface area contributed by atoms with Gasteiger partial charge < -0.3 is 5.73 Å². The van der Waals surface area contributed by atoms with Crippen molar-refractivity contribution in [1.29, 1.82) is 0 Å². The lowest BCUT2D eigenvalue weighted by Gasteiger charge is -2.09. The van der Waals surface area contributed by atoms with E-state index in [4.69, 9.17) is 5.73 Å². The molecule has 0 saturated heterocycles. The summed E-state index contributed by atoms with van der Waals surface area (Å²) in [6, 6.07) is 4.75. The van der Waals surface area contributed by atoms with E-state index in [-0.39, 0.29) is 10.9 Å². The number of sulfonamides is 1. The molecule has 0 aromatic carbocycles. The lowest BCUT2D eigenvalue weighted by molar-refractivity contribution is 0.542. The normalized spacial score (nSPS) is 13.7. The monoisotopic (exact) mass is 229 g/mol. The van der Waals surface area contributed by atoms with E-state index in [0.29, 0.717) is 13.1 Å². The molecular formula is C9H15N3O2S. The summed E-state index contributed by atoms with van der Waals surface area (Å²) < 4.78 is 25.7. The smallest absolute Gasteiger partial charge is 0.258 e. The molecule has 15 heavy (non-hydrogen) atoms. The van der Waals surface area contributed by atoms with Gasteiger partial charge in [0.05, 0.1) is 0 Å². The Kier molecular flexibility index (Phi) is 4.19. The van der Waals surface area contributed by atoms with Crippen LogP contribution < -0.4 is 10.5 Å². The molecular weight excluding hydrogens is 214 g/mol. The highest BCUT2D eigenvalue weighted by atomic mass is 32.2. The summed E-state index contributed by atoms with van der Waals surface area (Å²) >= 11 is 0. The summed E-state index contributed by atoms with van der Waals surface area (Å²) in [5.74, 6) is 0.114. The standard InChI is InChI=1S/C9H15N3O2S/c1-8(6-10)7-12-15(13,14)9-4-2-3-5-11-9/h2-5,8,12H,6-7,10H2,1H3. The van der Waals surface area contributed by atoms with Gasteiger partial charge in [-0.05, 0) is 24.6 Å². The summed E-state index contributed by atoms with van der Waals surface area (Å²) in [7, 11) is -3.48. The minimum atomic E-state index is -3.48. The minimum absolute atomic E-state index is 0.0363. The minimum Gasteiger partial charge on any atom is -0.330 e. The molecule has 1 heterocycles. The van der Waals surface area contributed by atoms with Gasteiger partial charge >= 0.3 is 0 Å². The molecule has 6 heteroatoms. The Morgan fingerprint density at radius 2 is 2.27 bits per heavy atom. The van der Waals surface area contributed by atoms with E-state index < -0.39 is 10.0 Å². The highest BCUT2D eigenvalue weighted by Gasteiger charge is 2.15. The number of nitrogens with zero attached hydrogens (tertiary/aromatic N) is 1. The number of hydrogen-bond donors (Lipinski definition) is 2. The zero-order valence-corrected chi connectivity index (χ0v) is 9.37. The maximum atomic E-state index is 11.6. The molecule has 0 aliphatic carbocycles. The molecule has 1 aromatic rings. The Balaban J connectivity index is 2.69. The average Bonchev–Trinajstić information content (AvgIpc) is 2.27. The molecule has 0 aliphatic rings. The fourth-order valence-corrected chi connectivity index (χ4v) is 2.02. The third kappa shape index (κ3) is 3.58. The second-order valence-electron chi connectivity index (χ2n) is 3.36. The molecule has 0 fully saturated rings. The van der Waals surface area contributed by atoms with Crippen molar-refractivity contribution in [3.63, 3.8) is 0 Å². The molecule has 0 amide bonds. The molecule has 0 spiro atoms. The number of nitrogens with two attached hydrogens (primary N) is 1. The third-order valence-electron chi connectivity index (χ3n) is 1.94. The van der Waals surface area contributed by atoms with E-state index in [1.54, 1.807) is 12.1 Å². The topological polar surface area (TPSA) is 85.1 Å².